The predicted octanol–water partition coefficient (Wildman–Crippen LogP) is 4.04. The smallest absolute Gasteiger partial charge is 0.146 e. The fraction of sp³-hybridized carbons (Fsp3) is 0.261. The Balaban J connectivity index is 1.74. The minimum absolute atomic E-state index is 0.525. The van der Waals surface area contributed by atoms with Crippen LogP contribution in [0.2, 0.25) is 0 Å². The zero-order chi connectivity index (χ0) is 19.8. The molecule has 0 spiro atoms. The molecule has 0 unspecified atom stereocenters. The molecule has 5 rings (SSSR count). The van der Waals surface area contributed by atoms with E-state index in [9.17, 15) is 0 Å². The summed E-state index contributed by atoms with van der Waals surface area (Å²) in [5.74, 6) is 1.06. The minimum Gasteiger partial charge on any atom is -0.405 e. The number of allylic oxidation sites excluding steroid dienone is 1. The van der Waals surface area contributed by atoms with Crippen LogP contribution in [0.4, 0.5) is 5.82 Å². The maximum absolute atomic E-state index is 6.36. The van der Waals surface area contributed by atoms with Gasteiger partial charge in [-0.25, -0.2) is 9.97 Å². The lowest BCUT2D eigenvalue weighted by atomic mass is 9.97. The van der Waals surface area contributed by atoms with E-state index in [1.807, 2.05) is 24.4 Å². The molecule has 29 heavy (non-hydrogen) atoms. The first-order valence-electron chi connectivity index (χ1n) is 10.1. The van der Waals surface area contributed by atoms with Gasteiger partial charge >= 0.3 is 0 Å². The van der Waals surface area contributed by atoms with E-state index in [4.69, 9.17) is 11.5 Å². The third-order valence-electron chi connectivity index (χ3n) is 5.93. The van der Waals surface area contributed by atoms with E-state index in [0.29, 0.717) is 11.7 Å². The first-order chi connectivity index (χ1) is 14.3. The van der Waals surface area contributed by atoms with Crippen molar-refractivity contribution in [3.63, 3.8) is 0 Å². The number of anilines is 1. The molecule has 4 N–H and O–H groups in total. The van der Waals surface area contributed by atoms with Crippen molar-refractivity contribution in [1.29, 1.82) is 0 Å². The predicted molar refractivity (Wildman–Crippen MR) is 117 cm³/mol. The average Bonchev–Trinajstić information content (AvgIpc) is 2.91. The van der Waals surface area contributed by atoms with Crippen molar-refractivity contribution >= 4 is 27.8 Å². The van der Waals surface area contributed by atoms with Crippen LogP contribution in [0.1, 0.15) is 25.0 Å². The molecule has 0 bridgehead atoms. The number of nitrogens with zero attached hydrogens (tertiary/aromatic N) is 4. The van der Waals surface area contributed by atoms with Gasteiger partial charge in [-0.1, -0.05) is 24.3 Å². The Kier molecular flexibility index (Phi) is 4.39. The van der Waals surface area contributed by atoms with Crippen LogP contribution in [0, 0.1) is 5.92 Å². The van der Waals surface area contributed by atoms with Crippen LogP contribution in [-0.4, -0.2) is 19.5 Å². The fourth-order valence-electron chi connectivity index (χ4n) is 4.59. The summed E-state index contributed by atoms with van der Waals surface area (Å²) in [6, 6.07) is 10.4. The van der Waals surface area contributed by atoms with E-state index >= 15 is 0 Å². The van der Waals surface area contributed by atoms with Crippen molar-refractivity contribution in [1.82, 2.24) is 19.5 Å². The molecule has 6 heteroatoms. The Morgan fingerprint density at radius 3 is 2.97 bits per heavy atom. The molecule has 1 aliphatic rings. The number of nitrogen functional groups attached to an aromatic ring is 1. The highest BCUT2D eigenvalue weighted by Gasteiger charge is 2.26. The SMILES string of the molecule is NC=CC[C@@H]1CCCc2c(-c3cnc4ccccc4c3)c3c(N)ncnc3n2C1. The highest BCUT2D eigenvalue weighted by Crippen LogP contribution is 2.40. The van der Waals surface area contributed by atoms with Crippen molar-refractivity contribution in [2.45, 2.75) is 32.2 Å². The first-order valence-corrected chi connectivity index (χ1v) is 10.1. The summed E-state index contributed by atoms with van der Waals surface area (Å²) < 4.78 is 2.35. The lowest BCUT2D eigenvalue weighted by molar-refractivity contribution is 0.435. The molecule has 6 nitrogen and oxygen atoms in total. The van der Waals surface area contributed by atoms with E-state index in [1.54, 1.807) is 12.5 Å². The van der Waals surface area contributed by atoms with E-state index in [1.165, 1.54) is 12.1 Å². The molecular formula is C23H24N6. The van der Waals surface area contributed by atoms with Crippen molar-refractivity contribution in [3.8, 4) is 11.1 Å². The van der Waals surface area contributed by atoms with Gasteiger partial charge in [-0.2, -0.15) is 0 Å². The lowest BCUT2D eigenvalue weighted by Crippen LogP contribution is -2.10. The van der Waals surface area contributed by atoms with E-state index < -0.39 is 0 Å². The highest BCUT2D eigenvalue weighted by atomic mass is 15.1. The van der Waals surface area contributed by atoms with Crippen LogP contribution in [0.3, 0.4) is 0 Å². The van der Waals surface area contributed by atoms with Crippen LogP contribution in [0.25, 0.3) is 33.1 Å². The van der Waals surface area contributed by atoms with E-state index in [2.05, 4.69) is 37.7 Å². The van der Waals surface area contributed by atoms with Gasteiger partial charge in [0.25, 0.3) is 0 Å². The molecule has 146 valence electrons. The van der Waals surface area contributed by atoms with Crippen LogP contribution in [0.5, 0.6) is 0 Å². The Labute approximate surface area is 169 Å². The van der Waals surface area contributed by atoms with Crippen LogP contribution >= 0.6 is 0 Å². The van der Waals surface area contributed by atoms with Gasteiger partial charge in [-0.15, -0.1) is 0 Å². The highest BCUT2D eigenvalue weighted by molar-refractivity contribution is 6.03. The van der Waals surface area contributed by atoms with Crippen molar-refractivity contribution in [3.05, 3.63) is 60.8 Å². The molecule has 0 fully saturated rings. The first kappa shape index (κ1) is 17.7. The second-order valence-electron chi connectivity index (χ2n) is 7.73. The van der Waals surface area contributed by atoms with Crippen molar-refractivity contribution < 1.29 is 0 Å². The normalized spacial score (nSPS) is 17.0. The summed E-state index contributed by atoms with van der Waals surface area (Å²) in [5, 5.41) is 2.06. The Hall–Kier alpha value is -3.41. The zero-order valence-electron chi connectivity index (χ0n) is 16.3. The quantitative estimate of drug-likeness (QED) is 0.556. The van der Waals surface area contributed by atoms with Crippen LogP contribution < -0.4 is 11.5 Å². The summed E-state index contributed by atoms with van der Waals surface area (Å²) in [6.45, 7) is 0.910. The standard InChI is InChI=1S/C23H24N6/c24-10-4-6-15-5-3-9-19-20(17-11-16-7-1-2-8-18(16)26-12-17)21-22(25)27-14-28-23(21)29(19)13-15/h1-2,4,7-8,10-12,14-15H,3,5-6,9,13,24H2,(H2,25,27,28)/t15-/m0/s1. The van der Waals surface area contributed by atoms with Gasteiger partial charge in [0.2, 0.25) is 0 Å². The number of aromatic nitrogens is 4. The molecule has 1 atom stereocenters. The topological polar surface area (TPSA) is 95.6 Å². The zero-order valence-corrected chi connectivity index (χ0v) is 16.3. The number of fused-ring (bicyclic) bond motifs is 4. The van der Waals surface area contributed by atoms with Gasteiger partial charge in [-0.3, -0.25) is 4.98 Å². The van der Waals surface area contributed by atoms with Gasteiger partial charge in [0.15, 0.2) is 0 Å². The molecule has 4 heterocycles. The Bertz CT molecular complexity index is 1220. The van der Waals surface area contributed by atoms with Gasteiger partial charge in [0.05, 0.1) is 10.9 Å². The monoisotopic (exact) mass is 384 g/mol. The van der Waals surface area contributed by atoms with Gasteiger partial charge < -0.3 is 16.0 Å². The summed E-state index contributed by atoms with van der Waals surface area (Å²) in [6.07, 6.45) is 11.5. The molecule has 1 aliphatic heterocycles. The number of para-hydroxylation sites is 1. The van der Waals surface area contributed by atoms with Gasteiger partial charge in [0, 0.05) is 34.9 Å². The number of benzene rings is 1. The maximum atomic E-state index is 6.36. The van der Waals surface area contributed by atoms with Crippen molar-refractivity contribution in [2.75, 3.05) is 5.73 Å². The number of rotatable bonds is 3. The number of hydrogen-bond donors (Lipinski definition) is 2. The summed E-state index contributed by atoms with van der Waals surface area (Å²) >= 11 is 0. The van der Waals surface area contributed by atoms with Crippen LogP contribution in [0.15, 0.2) is 55.1 Å². The molecule has 0 aliphatic carbocycles. The Morgan fingerprint density at radius 1 is 1.17 bits per heavy atom. The number of pyridine rings is 1. The minimum atomic E-state index is 0.525. The van der Waals surface area contributed by atoms with Crippen LogP contribution in [-0.2, 0) is 13.0 Å². The molecule has 3 aromatic heterocycles. The number of hydrogen-bond acceptors (Lipinski definition) is 5. The second-order valence-corrected chi connectivity index (χ2v) is 7.73. The molecule has 1 aromatic carbocycles. The summed E-state index contributed by atoms with van der Waals surface area (Å²) in [7, 11) is 0. The second kappa shape index (κ2) is 7.20. The third-order valence-corrected chi connectivity index (χ3v) is 5.93. The molecular weight excluding hydrogens is 360 g/mol. The Morgan fingerprint density at radius 2 is 2.07 bits per heavy atom. The van der Waals surface area contributed by atoms with E-state index in [-0.39, 0.29) is 0 Å². The third kappa shape index (κ3) is 3.01. The fourth-order valence-corrected chi connectivity index (χ4v) is 4.59. The van der Waals surface area contributed by atoms with E-state index in [0.717, 1.165) is 58.9 Å². The lowest BCUT2D eigenvalue weighted by Gasteiger charge is -2.14. The molecule has 0 amide bonds. The number of nitrogens with two attached hydrogens (primary N) is 2. The van der Waals surface area contributed by atoms with Gasteiger partial charge in [0.1, 0.15) is 17.8 Å². The molecule has 0 saturated carbocycles. The average molecular weight is 384 g/mol. The van der Waals surface area contributed by atoms with Gasteiger partial charge in [-0.05, 0) is 49.9 Å². The summed E-state index contributed by atoms with van der Waals surface area (Å²) in [5.41, 5.74) is 17.3. The molecule has 0 saturated heterocycles. The largest absolute Gasteiger partial charge is 0.405 e. The maximum Gasteiger partial charge on any atom is 0.146 e. The molecule has 4 aromatic rings. The molecule has 0 radical (unpaired) electrons. The summed E-state index contributed by atoms with van der Waals surface area (Å²) in [4.78, 5) is 13.6. The van der Waals surface area contributed by atoms with Crippen molar-refractivity contribution in [2.24, 2.45) is 11.7 Å².